The zero-order chi connectivity index (χ0) is 28.1. The number of aryl methyl sites for hydroxylation is 2. The molecule has 1 N–H and O–H groups in total. The number of rotatable bonds is 9. The number of nitrogens with zero attached hydrogens (tertiary/aromatic N) is 2. The van der Waals surface area contributed by atoms with Crippen LogP contribution in [-0.4, -0.2) is 66.0 Å². The molecule has 2 saturated heterocycles. The van der Waals surface area contributed by atoms with Crippen LogP contribution < -0.4 is 4.74 Å². The van der Waals surface area contributed by atoms with Gasteiger partial charge in [-0.3, -0.25) is 14.5 Å². The predicted molar refractivity (Wildman–Crippen MR) is 154 cm³/mol. The number of likely N-dealkylation sites (tertiary alicyclic amines) is 1. The summed E-state index contributed by atoms with van der Waals surface area (Å²) in [6, 6.07) is 22.2. The zero-order valence-corrected chi connectivity index (χ0v) is 23.1. The lowest BCUT2D eigenvalue weighted by Crippen LogP contribution is -2.38. The molecular weight excluding hydrogens is 504 g/mol. The van der Waals surface area contributed by atoms with Gasteiger partial charge in [-0.05, 0) is 55.7 Å². The molecule has 3 aromatic rings. The lowest BCUT2D eigenvalue weighted by molar-refractivity contribution is -0.140. The van der Waals surface area contributed by atoms with E-state index in [1.807, 2.05) is 56.3 Å². The van der Waals surface area contributed by atoms with Crippen molar-refractivity contribution in [2.24, 2.45) is 0 Å². The van der Waals surface area contributed by atoms with Gasteiger partial charge < -0.3 is 19.5 Å². The molecule has 2 aliphatic rings. The van der Waals surface area contributed by atoms with Gasteiger partial charge >= 0.3 is 0 Å². The molecule has 2 heterocycles. The molecule has 3 aromatic carbocycles. The largest absolute Gasteiger partial charge is 0.507 e. The Labute approximate surface area is 235 Å². The maximum Gasteiger partial charge on any atom is 0.295 e. The Bertz CT molecular complexity index is 1370. The van der Waals surface area contributed by atoms with Gasteiger partial charge in [-0.15, -0.1) is 0 Å². The molecule has 208 valence electrons. The summed E-state index contributed by atoms with van der Waals surface area (Å²) in [4.78, 5) is 30.5. The van der Waals surface area contributed by atoms with Crippen LogP contribution in [-0.2, 0) is 20.9 Å². The van der Waals surface area contributed by atoms with Crippen molar-refractivity contribution in [3.05, 3.63) is 106 Å². The van der Waals surface area contributed by atoms with Crippen LogP contribution in [0.25, 0.3) is 5.76 Å². The average Bonchev–Trinajstić information content (AvgIpc) is 3.22. The molecule has 0 unspecified atom stereocenters. The number of hydrogen-bond acceptors (Lipinski definition) is 6. The summed E-state index contributed by atoms with van der Waals surface area (Å²) in [5.74, 6) is -0.761. The third kappa shape index (κ3) is 6.27. The number of carbonyl (C=O) groups is 2. The van der Waals surface area contributed by atoms with Gasteiger partial charge in [-0.1, -0.05) is 59.7 Å². The minimum Gasteiger partial charge on any atom is -0.507 e. The van der Waals surface area contributed by atoms with Gasteiger partial charge in [0.15, 0.2) is 0 Å². The molecule has 0 aromatic heterocycles. The number of Topliss-reactive ketones (excluding diaryl/α,β-unsaturated/α-hetero) is 1. The summed E-state index contributed by atoms with van der Waals surface area (Å²) in [7, 11) is 0. The van der Waals surface area contributed by atoms with E-state index in [1.165, 1.54) is 5.56 Å². The first-order valence-corrected chi connectivity index (χ1v) is 13.8. The van der Waals surface area contributed by atoms with E-state index in [-0.39, 0.29) is 11.3 Å². The van der Waals surface area contributed by atoms with Crippen molar-refractivity contribution in [3.8, 4) is 5.75 Å². The minimum absolute atomic E-state index is 0.119. The average molecular weight is 541 g/mol. The summed E-state index contributed by atoms with van der Waals surface area (Å²) in [5, 5.41) is 11.4. The molecule has 40 heavy (non-hydrogen) atoms. The summed E-state index contributed by atoms with van der Waals surface area (Å²) < 4.78 is 11.3. The Kier molecular flexibility index (Phi) is 8.63. The van der Waals surface area contributed by atoms with Crippen molar-refractivity contribution in [3.63, 3.8) is 0 Å². The van der Waals surface area contributed by atoms with Crippen molar-refractivity contribution < 1.29 is 24.2 Å². The van der Waals surface area contributed by atoms with E-state index in [4.69, 9.17) is 9.47 Å². The molecular formula is C33H36N2O5. The van der Waals surface area contributed by atoms with Crippen LogP contribution in [0.4, 0.5) is 0 Å². The van der Waals surface area contributed by atoms with Crippen LogP contribution in [0.3, 0.4) is 0 Å². The number of aliphatic hydroxyl groups excluding tert-OH is 1. The highest BCUT2D eigenvalue weighted by atomic mass is 16.5. The maximum atomic E-state index is 13.3. The number of amides is 1. The first-order valence-electron chi connectivity index (χ1n) is 13.8. The second kappa shape index (κ2) is 12.5. The van der Waals surface area contributed by atoms with Crippen molar-refractivity contribution in [1.82, 2.24) is 9.80 Å². The second-order valence-corrected chi connectivity index (χ2v) is 10.5. The number of ketones is 1. The van der Waals surface area contributed by atoms with Gasteiger partial charge in [0, 0.05) is 31.7 Å². The van der Waals surface area contributed by atoms with E-state index in [0.29, 0.717) is 37.7 Å². The maximum absolute atomic E-state index is 13.3. The summed E-state index contributed by atoms with van der Waals surface area (Å²) in [5.41, 5.74) is 4.70. The van der Waals surface area contributed by atoms with E-state index in [2.05, 4.69) is 11.0 Å². The van der Waals surface area contributed by atoms with Gasteiger partial charge in [-0.25, -0.2) is 0 Å². The fourth-order valence-corrected chi connectivity index (χ4v) is 5.33. The smallest absolute Gasteiger partial charge is 0.295 e. The Morgan fingerprint density at radius 1 is 0.925 bits per heavy atom. The minimum atomic E-state index is -0.658. The fourth-order valence-electron chi connectivity index (χ4n) is 5.33. The number of benzene rings is 3. The Hall–Kier alpha value is -3.94. The third-order valence-electron chi connectivity index (χ3n) is 7.53. The summed E-state index contributed by atoms with van der Waals surface area (Å²) in [6.45, 7) is 8.85. The number of morpholine rings is 1. The number of carbonyl (C=O) groups excluding carboxylic acids is 2. The van der Waals surface area contributed by atoms with Crippen LogP contribution in [0.1, 0.15) is 40.3 Å². The number of hydrogen-bond donors (Lipinski definition) is 1. The molecule has 2 aliphatic heterocycles. The monoisotopic (exact) mass is 540 g/mol. The molecule has 1 atom stereocenters. The van der Waals surface area contributed by atoms with Gasteiger partial charge in [0.25, 0.3) is 11.7 Å². The summed E-state index contributed by atoms with van der Waals surface area (Å²) in [6.07, 6.45) is 0.725. The van der Waals surface area contributed by atoms with E-state index in [9.17, 15) is 14.7 Å². The molecule has 7 heteroatoms. The normalized spacial score (nSPS) is 19.2. The van der Waals surface area contributed by atoms with Crippen molar-refractivity contribution in [2.75, 3.05) is 39.4 Å². The topological polar surface area (TPSA) is 79.3 Å². The molecule has 2 fully saturated rings. The number of ether oxygens (including phenoxy) is 2. The highest BCUT2D eigenvalue weighted by Gasteiger charge is 2.45. The Balaban J connectivity index is 1.38. The lowest BCUT2D eigenvalue weighted by Gasteiger charge is -2.29. The van der Waals surface area contributed by atoms with Gasteiger partial charge in [0.1, 0.15) is 18.1 Å². The van der Waals surface area contributed by atoms with E-state index in [1.54, 1.807) is 29.2 Å². The molecule has 7 nitrogen and oxygen atoms in total. The molecule has 0 radical (unpaired) electrons. The SMILES string of the molecule is Cc1ccc([C@@H]2C(=C(O)c3ccc(OCc4cccc(C)c4)cc3)C(=O)C(=O)N2CCCN2CCOCC2)cc1. The van der Waals surface area contributed by atoms with Crippen molar-refractivity contribution in [1.29, 1.82) is 0 Å². The molecule has 0 spiro atoms. The quantitative estimate of drug-likeness (QED) is 0.233. The molecule has 0 bridgehead atoms. The van der Waals surface area contributed by atoms with E-state index < -0.39 is 17.7 Å². The standard InChI is InChI=1S/C33H36N2O5/c1-23-7-9-26(10-8-23)30-29(32(37)33(38)35(30)16-4-15-34-17-19-39-20-18-34)31(36)27-11-13-28(14-12-27)40-22-25-6-3-5-24(2)21-25/h3,5-14,21,30,36H,4,15-20,22H2,1-2H3/t30-/m1/s1. The second-order valence-electron chi connectivity index (χ2n) is 10.5. The number of aliphatic hydroxyl groups is 1. The van der Waals surface area contributed by atoms with Gasteiger partial charge in [-0.2, -0.15) is 0 Å². The van der Waals surface area contributed by atoms with Gasteiger partial charge in [0.2, 0.25) is 0 Å². The molecule has 5 rings (SSSR count). The van der Waals surface area contributed by atoms with Crippen molar-refractivity contribution in [2.45, 2.75) is 32.9 Å². The zero-order valence-electron chi connectivity index (χ0n) is 23.1. The predicted octanol–water partition coefficient (Wildman–Crippen LogP) is 5.03. The molecule has 0 aliphatic carbocycles. The van der Waals surface area contributed by atoms with E-state index >= 15 is 0 Å². The van der Waals surface area contributed by atoms with Crippen LogP contribution in [0, 0.1) is 13.8 Å². The van der Waals surface area contributed by atoms with Crippen molar-refractivity contribution >= 4 is 17.4 Å². The highest BCUT2D eigenvalue weighted by Crippen LogP contribution is 2.39. The van der Waals surface area contributed by atoms with Crippen LogP contribution in [0.5, 0.6) is 5.75 Å². The van der Waals surface area contributed by atoms with Crippen LogP contribution >= 0.6 is 0 Å². The highest BCUT2D eigenvalue weighted by molar-refractivity contribution is 6.46. The fraction of sp³-hybridized carbons (Fsp3) is 0.333. The third-order valence-corrected chi connectivity index (χ3v) is 7.53. The van der Waals surface area contributed by atoms with Crippen LogP contribution in [0.2, 0.25) is 0 Å². The molecule has 0 saturated carbocycles. The Morgan fingerprint density at radius 3 is 2.35 bits per heavy atom. The lowest BCUT2D eigenvalue weighted by atomic mass is 9.94. The Morgan fingerprint density at radius 2 is 1.65 bits per heavy atom. The van der Waals surface area contributed by atoms with E-state index in [0.717, 1.165) is 42.7 Å². The first kappa shape index (κ1) is 27.6. The molecule has 1 amide bonds. The van der Waals surface area contributed by atoms with Crippen LogP contribution in [0.15, 0.2) is 78.4 Å². The summed E-state index contributed by atoms with van der Waals surface area (Å²) >= 11 is 0. The first-order chi connectivity index (χ1) is 19.4. The van der Waals surface area contributed by atoms with Gasteiger partial charge in [0.05, 0.1) is 24.8 Å².